The van der Waals surface area contributed by atoms with Crippen molar-refractivity contribution in [3.63, 3.8) is 0 Å². The summed E-state index contributed by atoms with van der Waals surface area (Å²) in [5.41, 5.74) is 2.75. The van der Waals surface area contributed by atoms with Gasteiger partial charge in [0.25, 0.3) is 0 Å². The number of ether oxygens (including phenoxy) is 2. The molecule has 2 fully saturated rings. The normalized spacial score (nSPS) is 27.6. The van der Waals surface area contributed by atoms with E-state index in [9.17, 15) is 0 Å². The van der Waals surface area contributed by atoms with Gasteiger partial charge in [-0.1, -0.05) is 12.1 Å². The quantitative estimate of drug-likeness (QED) is 0.853. The van der Waals surface area contributed by atoms with Crippen LogP contribution in [0.25, 0.3) is 0 Å². The van der Waals surface area contributed by atoms with Crippen LogP contribution in [-0.4, -0.2) is 61.8 Å². The maximum absolute atomic E-state index is 5.72. The van der Waals surface area contributed by atoms with Gasteiger partial charge in [0.2, 0.25) is 0 Å². The molecule has 1 aromatic rings. The molecule has 4 nitrogen and oxygen atoms in total. The maximum atomic E-state index is 5.72. The largest absolute Gasteiger partial charge is 0.493 e. The van der Waals surface area contributed by atoms with Crippen LogP contribution < -0.4 is 4.74 Å². The fourth-order valence-electron chi connectivity index (χ4n) is 3.95. The van der Waals surface area contributed by atoms with E-state index in [1.165, 1.54) is 30.6 Å². The van der Waals surface area contributed by atoms with E-state index in [-0.39, 0.29) is 0 Å². The van der Waals surface area contributed by atoms with Crippen molar-refractivity contribution in [2.75, 3.05) is 46.0 Å². The first kappa shape index (κ1) is 14.5. The maximum Gasteiger partial charge on any atom is 0.122 e. The van der Waals surface area contributed by atoms with E-state index >= 15 is 0 Å². The Kier molecular flexibility index (Phi) is 4.07. The number of rotatable bonds is 3. The molecule has 0 bridgehead atoms. The summed E-state index contributed by atoms with van der Waals surface area (Å²) in [7, 11) is 0. The molecule has 3 aliphatic rings. The molecule has 4 rings (SSSR count). The average molecular weight is 302 g/mol. The summed E-state index contributed by atoms with van der Waals surface area (Å²) in [5.74, 6) is 1.10. The number of hydrogen-bond acceptors (Lipinski definition) is 4. The smallest absolute Gasteiger partial charge is 0.122 e. The van der Waals surface area contributed by atoms with Crippen LogP contribution in [0.1, 0.15) is 30.5 Å². The fraction of sp³-hybridized carbons (Fsp3) is 0.667. The van der Waals surface area contributed by atoms with E-state index in [1.807, 2.05) is 0 Å². The second kappa shape index (κ2) is 6.19. The highest BCUT2D eigenvalue weighted by molar-refractivity contribution is 5.41. The summed E-state index contributed by atoms with van der Waals surface area (Å²) < 4.78 is 11.2. The standard InChI is InChI=1S/C18H26N2O2/c1-14(16-3-2-15-4-11-22-18(15)12-16)19-6-8-20(9-7-19)17-5-10-21-13-17/h2-3,12,14,17H,4-11,13H2,1H3. The minimum Gasteiger partial charge on any atom is -0.493 e. The molecule has 2 unspecified atom stereocenters. The van der Waals surface area contributed by atoms with Crippen LogP contribution in [-0.2, 0) is 11.2 Å². The summed E-state index contributed by atoms with van der Waals surface area (Å²) in [5, 5.41) is 0. The Hall–Kier alpha value is -1.10. The fourth-order valence-corrected chi connectivity index (χ4v) is 3.95. The molecule has 0 radical (unpaired) electrons. The van der Waals surface area contributed by atoms with Crippen LogP contribution in [0.4, 0.5) is 0 Å². The van der Waals surface area contributed by atoms with E-state index in [0.29, 0.717) is 12.1 Å². The van der Waals surface area contributed by atoms with Crippen molar-refractivity contribution in [2.45, 2.75) is 31.8 Å². The molecule has 2 saturated heterocycles. The summed E-state index contributed by atoms with van der Waals surface area (Å²) in [6.45, 7) is 9.67. The van der Waals surface area contributed by atoms with E-state index in [1.54, 1.807) is 0 Å². The first-order valence-electron chi connectivity index (χ1n) is 8.63. The van der Waals surface area contributed by atoms with E-state index in [0.717, 1.165) is 45.1 Å². The summed E-state index contributed by atoms with van der Waals surface area (Å²) >= 11 is 0. The Morgan fingerprint density at radius 1 is 1.14 bits per heavy atom. The number of benzene rings is 1. The van der Waals surface area contributed by atoms with Gasteiger partial charge in [-0.05, 0) is 30.5 Å². The number of hydrogen-bond donors (Lipinski definition) is 0. The van der Waals surface area contributed by atoms with Gasteiger partial charge in [0.15, 0.2) is 0 Å². The van der Waals surface area contributed by atoms with E-state index < -0.39 is 0 Å². The molecule has 120 valence electrons. The highest BCUT2D eigenvalue weighted by Gasteiger charge is 2.29. The molecular formula is C18H26N2O2. The molecule has 0 aliphatic carbocycles. The predicted molar refractivity (Wildman–Crippen MR) is 86.4 cm³/mol. The highest BCUT2D eigenvalue weighted by Crippen LogP contribution is 2.31. The lowest BCUT2D eigenvalue weighted by molar-refractivity contribution is 0.0663. The second-order valence-electron chi connectivity index (χ2n) is 6.73. The molecule has 22 heavy (non-hydrogen) atoms. The highest BCUT2D eigenvalue weighted by atomic mass is 16.5. The molecule has 3 aliphatic heterocycles. The molecule has 0 aromatic heterocycles. The van der Waals surface area contributed by atoms with Crippen LogP contribution in [0.15, 0.2) is 18.2 Å². The SMILES string of the molecule is CC(c1ccc2c(c1)OCC2)N1CCN(C2CCOC2)CC1. The van der Waals surface area contributed by atoms with Crippen LogP contribution in [0.5, 0.6) is 5.75 Å². The van der Waals surface area contributed by atoms with Crippen molar-refractivity contribution in [2.24, 2.45) is 0 Å². The molecule has 0 spiro atoms. The van der Waals surface area contributed by atoms with Crippen molar-refractivity contribution < 1.29 is 9.47 Å². The minimum atomic E-state index is 0.469. The van der Waals surface area contributed by atoms with Gasteiger partial charge in [0.05, 0.1) is 13.2 Å². The van der Waals surface area contributed by atoms with Crippen LogP contribution in [0.2, 0.25) is 0 Å². The van der Waals surface area contributed by atoms with Crippen molar-refractivity contribution in [1.29, 1.82) is 0 Å². The van der Waals surface area contributed by atoms with Gasteiger partial charge in [-0.15, -0.1) is 0 Å². The Morgan fingerprint density at radius 3 is 2.77 bits per heavy atom. The van der Waals surface area contributed by atoms with Gasteiger partial charge in [-0.3, -0.25) is 9.80 Å². The Balaban J connectivity index is 1.38. The minimum absolute atomic E-state index is 0.469. The van der Waals surface area contributed by atoms with Gasteiger partial charge in [-0.25, -0.2) is 0 Å². The van der Waals surface area contributed by atoms with Gasteiger partial charge in [0.1, 0.15) is 5.75 Å². The third kappa shape index (κ3) is 2.75. The van der Waals surface area contributed by atoms with Gasteiger partial charge >= 0.3 is 0 Å². The summed E-state index contributed by atoms with van der Waals surface area (Å²) in [6, 6.07) is 7.92. The van der Waals surface area contributed by atoms with E-state index in [4.69, 9.17) is 9.47 Å². The molecular weight excluding hydrogens is 276 g/mol. The van der Waals surface area contributed by atoms with Crippen molar-refractivity contribution in [3.05, 3.63) is 29.3 Å². The molecule has 0 N–H and O–H groups in total. The molecule has 4 heteroatoms. The van der Waals surface area contributed by atoms with Crippen LogP contribution in [0, 0.1) is 0 Å². The second-order valence-corrected chi connectivity index (χ2v) is 6.73. The van der Waals surface area contributed by atoms with Crippen molar-refractivity contribution in [1.82, 2.24) is 9.80 Å². The first-order valence-corrected chi connectivity index (χ1v) is 8.63. The Morgan fingerprint density at radius 2 is 2.00 bits per heavy atom. The Bertz CT molecular complexity index is 520. The Labute approximate surface area is 133 Å². The molecule has 3 heterocycles. The van der Waals surface area contributed by atoms with Gasteiger partial charge in [0, 0.05) is 51.3 Å². The topological polar surface area (TPSA) is 24.9 Å². The van der Waals surface area contributed by atoms with Crippen LogP contribution in [0.3, 0.4) is 0 Å². The zero-order valence-electron chi connectivity index (χ0n) is 13.5. The van der Waals surface area contributed by atoms with Crippen LogP contribution >= 0.6 is 0 Å². The van der Waals surface area contributed by atoms with Gasteiger partial charge in [-0.2, -0.15) is 0 Å². The lowest BCUT2D eigenvalue weighted by Crippen LogP contribution is -2.51. The summed E-state index contributed by atoms with van der Waals surface area (Å²) in [4.78, 5) is 5.21. The predicted octanol–water partition coefficient (Wildman–Crippen LogP) is 2.09. The molecule has 0 amide bonds. The number of fused-ring (bicyclic) bond motifs is 1. The van der Waals surface area contributed by atoms with Gasteiger partial charge < -0.3 is 9.47 Å². The lowest BCUT2D eigenvalue weighted by atomic mass is 10.0. The lowest BCUT2D eigenvalue weighted by Gasteiger charge is -2.40. The molecule has 2 atom stereocenters. The van der Waals surface area contributed by atoms with Crippen molar-refractivity contribution in [3.8, 4) is 5.75 Å². The van der Waals surface area contributed by atoms with Crippen molar-refractivity contribution >= 4 is 0 Å². The molecule has 1 aromatic carbocycles. The number of piperazine rings is 1. The zero-order chi connectivity index (χ0) is 14.9. The first-order chi connectivity index (χ1) is 10.8. The third-order valence-corrected chi connectivity index (χ3v) is 5.52. The number of nitrogens with zero attached hydrogens (tertiary/aromatic N) is 2. The monoisotopic (exact) mass is 302 g/mol. The summed E-state index contributed by atoms with van der Waals surface area (Å²) in [6.07, 6.45) is 2.27. The zero-order valence-corrected chi connectivity index (χ0v) is 13.5. The third-order valence-electron chi connectivity index (χ3n) is 5.52. The molecule has 0 saturated carbocycles. The van der Waals surface area contributed by atoms with E-state index in [2.05, 4.69) is 34.9 Å². The average Bonchev–Trinajstić information content (AvgIpc) is 3.25.